The van der Waals surface area contributed by atoms with E-state index < -0.39 is 20.9 Å². The largest absolute Gasteiger partial charge is 0.387 e. The first-order valence-corrected chi connectivity index (χ1v) is 7.15. The van der Waals surface area contributed by atoms with Crippen LogP contribution in [0.15, 0.2) is 5.38 Å². The molecule has 0 spiro atoms. The molecule has 16 heavy (non-hydrogen) atoms. The highest BCUT2D eigenvalue weighted by atomic mass is 32.2. The molecule has 1 aromatic heterocycles. The Hall–Kier alpha value is -0.660. The second-order valence-electron chi connectivity index (χ2n) is 4.47. The van der Waals surface area contributed by atoms with Gasteiger partial charge in [-0.05, 0) is 27.7 Å². The second-order valence-corrected chi connectivity index (χ2v) is 7.77. The molecule has 2 N–H and O–H groups in total. The third-order valence-electron chi connectivity index (χ3n) is 1.98. The zero-order chi connectivity index (χ0) is 12.6. The molecule has 7 heteroatoms. The Labute approximate surface area is 99.6 Å². The van der Waals surface area contributed by atoms with Crippen LogP contribution in [0.2, 0.25) is 0 Å². The van der Waals surface area contributed by atoms with E-state index in [9.17, 15) is 13.5 Å². The summed E-state index contributed by atoms with van der Waals surface area (Å²) in [5.41, 5.74) is 0.469. The monoisotopic (exact) mass is 264 g/mol. The molecule has 0 aliphatic carbocycles. The minimum Gasteiger partial charge on any atom is -0.387 e. The SMILES string of the molecule is CC(O)c1csc(NS(=O)(=O)C(C)(C)C)n1. The van der Waals surface area contributed by atoms with Gasteiger partial charge in [0.25, 0.3) is 0 Å². The average molecular weight is 264 g/mol. The second kappa shape index (κ2) is 4.31. The molecule has 5 nitrogen and oxygen atoms in total. The van der Waals surface area contributed by atoms with Crippen molar-refractivity contribution in [2.45, 2.75) is 38.5 Å². The molecule has 0 saturated heterocycles. The Kier molecular flexibility index (Phi) is 3.61. The van der Waals surface area contributed by atoms with E-state index in [2.05, 4.69) is 9.71 Å². The van der Waals surface area contributed by atoms with Crippen molar-refractivity contribution in [1.82, 2.24) is 4.98 Å². The molecule has 0 saturated carbocycles. The van der Waals surface area contributed by atoms with Gasteiger partial charge in [0, 0.05) is 5.38 Å². The predicted molar refractivity (Wildman–Crippen MR) is 65.0 cm³/mol. The Bertz CT molecular complexity index is 457. The lowest BCUT2D eigenvalue weighted by Crippen LogP contribution is -2.33. The average Bonchev–Trinajstić information content (AvgIpc) is 2.49. The molecule has 0 radical (unpaired) electrons. The van der Waals surface area contributed by atoms with Crippen molar-refractivity contribution in [3.05, 3.63) is 11.1 Å². The molecule has 0 aliphatic heterocycles. The molecule has 1 unspecified atom stereocenters. The number of rotatable bonds is 3. The van der Waals surface area contributed by atoms with E-state index in [1.165, 1.54) is 0 Å². The maximum atomic E-state index is 11.8. The van der Waals surface area contributed by atoms with Crippen LogP contribution in [0.3, 0.4) is 0 Å². The van der Waals surface area contributed by atoms with Crippen molar-refractivity contribution < 1.29 is 13.5 Å². The number of nitrogens with zero attached hydrogens (tertiary/aromatic N) is 1. The Morgan fingerprint density at radius 1 is 1.50 bits per heavy atom. The van der Waals surface area contributed by atoms with E-state index in [1.54, 1.807) is 33.1 Å². The van der Waals surface area contributed by atoms with Crippen LogP contribution in [-0.4, -0.2) is 23.3 Å². The van der Waals surface area contributed by atoms with Crippen LogP contribution in [0.25, 0.3) is 0 Å². The standard InChI is InChI=1S/C9H16N2O3S2/c1-6(12)7-5-15-8(10-7)11-16(13,14)9(2,3)4/h5-6,12H,1-4H3,(H,10,11). The lowest BCUT2D eigenvalue weighted by atomic mass is 10.3. The van der Waals surface area contributed by atoms with Gasteiger partial charge in [0.1, 0.15) is 0 Å². The van der Waals surface area contributed by atoms with Crippen molar-refractivity contribution in [2.24, 2.45) is 0 Å². The zero-order valence-electron chi connectivity index (χ0n) is 9.68. The van der Waals surface area contributed by atoms with Crippen molar-refractivity contribution in [3.63, 3.8) is 0 Å². The van der Waals surface area contributed by atoms with Gasteiger partial charge in [-0.15, -0.1) is 11.3 Å². The van der Waals surface area contributed by atoms with Crippen LogP contribution < -0.4 is 4.72 Å². The molecule has 1 heterocycles. The first kappa shape index (κ1) is 13.4. The molecular weight excluding hydrogens is 248 g/mol. The maximum Gasteiger partial charge on any atom is 0.239 e. The number of thiazole rings is 1. The van der Waals surface area contributed by atoms with Gasteiger partial charge in [0.2, 0.25) is 10.0 Å². The summed E-state index contributed by atoms with van der Waals surface area (Å²) in [6.45, 7) is 6.41. The van der Waals surface area contributed by atoms with Gasteiger partial charge < -0.3 is 5.11 Å². The van der Waals surface area contributed by atoms with Gasteiger partial charge in [-0.25, -0.2) is 13.4 Å². The fraction of sp³-hybridized carbons (Fsp3) is 0.667. The molecule has 1 rings (SSSR count). The molecule has 1 aromatic rings. The summed E-state index contributed by atoms with van der Waals surface area (Å²) in [7, 11) is -3.45. The fourth-order valence-electron chi connectivity index (χ4n) is 0.793. The zero-order valence-corrected chi connectivity index (χ0v) is 11.3. The molecule has 0 amide bonds. The van der Waals surface area contributed by atoms with Gasteiger partial charge >= 0.3 is 0 Å². The summed E-state index contributed by atoms with van der Waals surface area (Å²) < 4.78 is 25.1. The highest BCUT2D eigenvalue weighted by Gasteiger charge is 2.29. The lowest BCUT2D eigenvalue weighted by molar-refractivity contribution is 0.195. The normalized spacial score (nSPS) is 14.8. The minimum absolute atomic E-state index is 0.283. The van der Waals surface area contributed by atoms with E-state index in [4.69, 9.17) is 0 Å². The summed E-state index contributed by atoms with van der Waals surface area (Å²) in [6.07, 6.45) is -0.691. The highest BCUT2D eigenvalue weighted by Crippen LogP contribution is 2.24. The van der Waals surface area contributed by atoms with Gasteiger partial charge in [0.15, 0.2) is 5.13 Å². The molecule has 0 fully saturated rings. The molecular formula is C9H16N2O3S2. The van der Waals surface area contributed by atoms with Gasteiger partial charge in [-0.1, -0.05) is 0 Å². The topological polar surface area (TPSA) is 79.3 Å². The summed E-state index contributed by atoms with van der Waals surface area (Å²) in [5, 5.41) is 11.2. The third kappa shape index (κ3) is 2.93. The summed E-state index contributed by atoms with van der Waals surface area (Å²) in [5.74, 6) is 0. The number of hydrogen-bond acceptors (Lipinski definition) is 5. The van der Waals surface area contributed by atoms with Gasteiger partial charge in [-0.3, -0.25) is 4.72 Å². The van der Waals surface area contributed by atoms with E-state index >= 15 is 0 Å². The molecule has 1 atom stereocenters. The summed E-state index contributed by atoms with van der Waals surface area (Å²) in [6, 6.07) is 0. The number of anilines is 1. The Morgan fingerprint density at radius 2 is 2.06 bits per heavy atom. The number of sulfonamides is 1. The lowest BCUT2D eigenvalue weighted by Gasteiger charge is -2.18. The number of hydrogen-bond donors (Lipinski definition) is 2. The fourth-order valence-corrected chi connectivity index (χ4v) is 2.54. The van der Waals surface area contributed by atoms with Crippen molar-refractivity contribution >= 4 is 26.5 Å². The first-order valence-electron chi connectivity index (χ1n) is 4.79. The predicted octanol–water partition coefficient (Wildman–Crippen LogP) is 1.74. The van der Waals surface area contributed by atoms with Gasteiger partial charge in [-0.2, -0.15) is 0 Å². The van der Waals surface area contributed by atoms with Crippen molar-refractivity contribution in [3.8, 4) is 0 Å². The highest BCUT2D eigenvalue weighted by molar-refractivity contribution is 7.94. The molecule has 92 valence electrons. The Morgan fingerprint density at radius 3 is 2.44 bits per heavy atom. The van der Waals surface area contributed by atoms with E-state index in [0.29, 0.717) is 5.69 Å². The third-order valence-corrected chi connectivity index (χ3v) is 4.96. The molecule has 0 aromatic carbocycles. The van der Waals surface area contributed by atoms with Gasteiger partial charge in [0.05, 0.1) is 16.5 Å². The van der Waals surface area contributed by atoms with Crippen LogP contribution in [0, 0.1) is 0 Å². The van der Waals surface area contributed by atoms with E-state index in [1.807, 2.05) is 0 Å². The Balaban J connectivity index is 2.90. The number of aliphatic hydroxyl groups excluding tert-OH is 1. The van der Waals surface area contributed by atoms with Crippen LogP contribution in [0.5, 0.6) is 0 Å². The number of aliphatic hydroxyl groups is 1. The first-order chi connectivity index (χ1) is 7.13. The van der Waals surface area contributed by atoms with Crippen molar-refractivity contribution in [1.29, 1.82) is 0 Å². The van der Waals surface area contributed by atoms with Crippen LogP contribution in [-0.2, 0) is 10.0 Å². The summed E-state index contributed by atoms with van der Waals surface area (Å²) in [4.78, 5) is 3.99. The maximum absolute atomic E-state index is 11.8. The quantitative estimate of drug-likeness (QED) is 0.871. The molecule has 0 bridgehead atoms. The van der Waals surface area contributed by atoms with E-state index in [-0.39, 0.29) is 5.13 Å². The van der Waals surface area contributed by atoms with E-state index in [0.717, 1.165) is 11.3 Å². The van der Waals surface area contributed by atoms with Crippen LogP contribution >= 0.6 is 11.3 Å². The van der Waals surface area contributed by atoms with Crippen LogP contribution in [0.1, 0.15) is 39.5 Å². The number of aromatic nitrogens is 1. The number of nitrogens with one attached hydrogen (secondary N) is 1. The summed E-state index contributed by atoms with van der Waals surface area (Å²) >= 11 is 1.16. The smallest absolute Gasteiger partial charge is 0.239 e. The van der Waals surface area contributed by atoms with Crippen LogP contribution in [0.4, 0.5) is 5.13 Å². The molecule has 0 aliphatic rings. The van der Waals surface area contributed by atoms with Crippen molar-refractivity contribution in [2.75, 3.05) is 4.72 Å². The minimum atomic E-state index is -3.45.